The van der Waals surface area contributed by atoms with Crippen molar-refractivity contribution in [1.29, 1.82) is 0 Å². The van der Waals surface area contributed by atoms with E-state index in [1.54, 1.807) is 12.1 Å². The Morgan fingerprint density at radius 1 is 1.52 bits per heavy atom. The summed E-state index contributed by atoms with van der Waals surface area (Å²) >= 11 is 0. The normalized spacial score (nSPS) is 23.0. The summed E-state index contributed by atoms with van der Waals surface area (Å²) in [5.41, 5.74) is 0.857. The van der Waals surface area contributed by atoms with E-state index in [0.717, 1.165) is 24.9 Å². The van der Waals surface area contributed by atoms with Crippen molar-refractivity contribution in [3.63, 3.8) is 0 Å². The van der Waals surface area contributed by atoms with Crippen LogP contribution in [-0.2, 0) is 6.54 Å². The van der Waals surface area contributed by atoms with Gasteiger partial charge >= 0.3 is 5.69 Å². The van der Waals surface area contributed by atoms with Crippen LogP contribution in [0.5, 0.6) is 5.75 Å². The number of aliphatic hydroxyl groups excluding tert-OH is 1. The first kappa shape index (κ1) is 15.7. The first-order chi connectivity index (χ1) is 10.1. The Balaban J connectivity index is 2.18. The van der Waals surface area contributed by atoms with Gasteiger partial charge in [-0.25, -0.2) is 0 Å². The van der Waals surface area contributed by atoms with Gasteiger partial charge in [0.15, 0.2) is 5.75 Å². The number of rotatable bonds is 5. The summed E-state index contributed by atoms with van der Waals surface area (Å²) in [6.45, 7) is 3.79. The SMILES string of the molecule is COc1ccc(CN2CCCC(C)C2CO)cc1[N+](=O)[O-]. The number of hydrogen-bond acceptors (Lipinski definition) is 5. The molecule has 2 rings (SSSR count). The minimum Gasteiger partial charge on any atom is -0.490 e. The van der Waals surface area contributed by atoms with Gasteiger partial charge in [0, 0.05) is 18.7 Å². The second-order valence-corrected chi connectivity index (χ2v) is 5.60. The highest BCUT2D eigenvalue weighted by atomic mass is 16.6. The zero-order valence-corrected chi connectivity index (χ0v) is 12.5. The molecule has 1 fully saturated rings. The number of ether oxygens (including phenoxy) is 1. The first-order valence-corrected chi connectivity index (χ1v) is 7.23. The van der Waals surface area contributed by atoms with Crippen LogP contribution in [0.1, 0.15) is 25.3 Å². The van der Waals surface area contributed by atoms with Crippen molar-refractivity contribution in [2.24, 2.45) is 5.92 Å². The van der Waals surface area contributed by atoms with E-state index in [0.29, 0.717) is 12.5 Å². The summed E-state index contributed by atoms with van der Waals surface area (Å²) in [7, 11) is 1.43. The van der Waals surface area contributed by atoms with Crippen molar-refractivity contribution in [3.05, 3.63) is 33.9 Å². The van der Waals surface area contributed by atoms with Crippen LogP contribution in [0.25, 0.3) is 0 Å². The largest absolute Gasteiger partial charge is 0.490 e. The van der Waals surface area contributed by atoms with Crippen LogP contribution in [0.3, 0.4) is 0 Å². The van der Waals surface area contributed by atoms with E-state index in [1.165, 1.54) is 7.11 Å². The van der Waals surface area contributed by atoms with Crippen LogP contribution >= 0.6 is 0 Å². The van der Waals surface area contributed by atoms with Crippen molar-refractivity contribution >= 4 is 5.69 Å². The molecule has 2 unspecified atom stereocenters. The quantitative estimate of drug-likeness (QED) is 0.665. The van der Waals surface area contributed by atoms with Gasteiger partial charge in [-0.05, 0) is 36.9 Å². The highest BCUT2D eigenvalue weighted by molar-refractivity contribution is 5.48. The van der Waals surface area contributed by atoms with Gasteiger partial charge in [0.05, 0.1) is 18.6 Å². The van der Waals surface area contributed by atoms with Crippen LogP contribution < -0.4 is 4.74 Å². The van der Waals surface area contributed by atoms with Crippen molar-refractivity contribution in [1.82, 2.24) is 4.90 Å². The molecule has 1 aromatic rings. The smallest absolute Gasteiger partial charge is 0.311 e. The van der Waals surface area contributed by atoms with Crippen molar-refractivity contribution in [2.75, 3.05) is 20.3 Å². The molecular formula is C15H22N2O4. The van der Waals surface area contributed by atoms with Crippen molar-refractivity contribution in [3.8, 4) is 5.75 Å². The lowest BCUT2D eigenvalue weighted by Gasteiger charge is -2.39. The molecule has 0 radical (unpaired) electrons. The predicted molar refractivity (Wildman–Crippen MR) is 79.3 cm³/mol. The highest BCUT2D eigenvalue weighted by Gasteiger charge is 2.28. The molecule has 0 spiro atoms. The molecule has 0 aromatic heterocycles. The number of nitrogens with zero attached hydrogens (tertiary/aromatic N) is 2. The van der Waals surface area contributed by atoms with Crippen LogP contribution in [0.15, 0.2) is 18.2 Å². The highest BCUT2D eigenvalue weighted by Crippen LogP contribution is 2.30. The molecule has 1 aliphatic rings. The van der Waals surface area contributed by atoms with Gasteiger partial charge < -0.3 is 9.84 Å². The first-order valence-electron chi connectivity index (χ1n) is 7.23. The number of hydrogen-bond donors (Lipinski definition) is 1. The summed E-state index contributed by atoms with van der Waals surface area (Å²) in [6, 6.07) is 5.17. The number of piperidine rings is 1. The van der Waals surface area contributed by atoms with Gasteiger partial charge in [0.2, 0.25) is 0 Å². The third kappa shape index (κ3) is 3.51. The number of aliphatic hydroxyl groups is 1. The average Bonchev–Trinajstić information content (AvgIpc) is 2.47. The van der Waals surface area contributed by atoms with Gasteiger partial charge in [-0.2, -0.15) is 0 Å². The Bertz CT molecular complexity index is 506. The van der Waals surface area contributed by atoms with E-state index in [9.17, 15) is 15.2 Å². The van der Waals surface area contributed by atoms with Crippen LogP contribution in [-0.4, -0.2) is 41.2 Å². The molecule has 0 amide bonds. The maximum Gasteiger partial charge on any atom is 0.311 e. The molecule has 1 saturated heterocycles. The molecule has 0 saturated carbocycles. The Morgan fingerprint density at radius 2 is 2.29 bits per heavy atom. The molecule has 2 atom stereocenters. The maximum absolute atomic E-state index is 11.1. The second kappa shape index (κ2) is 6.87. The summed E-state index contributed by atoms with van der Waals surface area (Å²) in [6.07, 6.45) is 2.21. The number of methoxy groups -OCH3 is 1. The van der Waals surface area contributed by atoms with E-state index < -0.39 is 4.92 Å². The lowest BCUT2D eigenvalue weighted by molar-refractivity contribution is -0.385. The summed E-state index contributed by atoms with van der Waals surface area (Å²) in [5.74, 6) is 0.714. The standard InChI is InChI=1S/C15H22N2O4/c1-11-4-3-7-16(14(11)10-18)9-12-5-6-15(21-2)13(8-12)17(19)20/h5-6,8,11,14,18H,3-4,7,9-10H2,1-2H3. The van der Waals surface area contributed by atoms with Crippen LogP contribution in [0.2, 0.25) is 0 Å². The Morgan fingerprint density at radius 3 is 2.90 bits per heavy atom. The molecule has 116 valence electrons. The molecule has 1 aromatic carbocycles. The predicted octanol–water partition coefficient (Wildman–Crippen LogP) is 2.20. The van der Waals surface area contributed by atoms with E-state index in [4.69, 9.17) is 4.74 Å². The molecule has 6 nitrogen and oxygen atoms in total. The molecule has 0 aliphatic carbocycles. The molecular weight excluding hydrogens is 272 g/mol. The van der Waals surface area contributed by atoms with Gasteiger partial charge in [-0.15, -0.1) is 0 Å². The molecule has 6 heteroatoms. The van der Waals surface area contributed by atoms with Gasteiger partial charge in [-0.3, -0.25) is 15.0 Å². The number of nitro benzene ring substituents is 1. The van der Waals surface area contributed by atoms with Gasteiger partial charge in [-0.1, -0.05) is 13.0 Å². The average molecular weight is 294 g/mol. The minimum absolute atomic E-state index is 0.0133. The fraction of sp³-hybridized carbons (Fsp3) is 0.600. The fourth-order valence-electron chi connectivity index (χ4n) is 3.04. The van der Waals surface area contributed by atoms with Gasteiger partial charge in [0.1, 0.15) is 0 Å². The summed E-state index contributed by atoms with van der Waals surface area (Å²) in [4.78, 5) is 12.9. The maximum atomic E-state index is 11.1. The lowest BCUT2D eigenvalue weighted by atomic mass is 9.91. The Hall–Kier alpha value is -1.66. The van der Waals surface area contributed by atoms with E-state index in [2.05, 4.69) is 11.8 Å². The third-order valence-electron chi connectivity index (χ3n) is 4.24. The summed E-state index contributed by atoms with van der Waals surface area (Å²) in [5, 5.41) is 20.6. The number of nitro groups is 1. The molecule has 1 aliphatic heterocycles. The van der Waals surface area contributed by atoms with Crippen LogP contribution in [0.4, 0.5) is 5.69 Å². The van der Waals surface area contributed by atoms with E-state index in [-0.39, 0.29) is 24.1 Å². The molecule has 1 N–H and O–H groups in total. The third-order valence-corrected chi connectivity index (χ3v) is 4.24. The lowest BCUT2D eigenvalue weighted by Crippen LogP contribution is -2.45. The number of benzene rings is 1. The Kier molecular flexibility index (Phi) is 5.14. The van der Waals surface area contributed by atoms with Crippen LogP contribution in [0, 0.1) is 16.0 Å². The summed E-state index contributed by atoms with van der Waals surface area (Å²) < 4.78 is 5.02. The topological polar surface area (TPSA) is 75.8 Å². The van der Waals surface area contributed by atoms with Crippen molar-refractivity contribution in [2.45, 2.75) is 32.4 Å². The minimum atomic E-state index is -0.426. The number of likely N-dealkylation sites (tertiary alicyclic amines) is 1. The van der Waals surface area contributed by atoms with Gasteiger partial charge in [0.25, 0.3) is 0 Å². The van der Waals surface area contributed by atoms with E-state index >= 15 is 0 Å². The fourth-order valence-corrected chi connectivity index (χ4v) is 3.04. The zero-order valence-electron chi connectivity index (χ0n) is 12.5. The molecule has 21 heavy (non-hydrogen) atoms. The molecule has 0 bridgehead atoms. The zero-order chi connectivity index (χ0) is 15.4. The Labute approximate surface area is 124 Å². The van der Waals surface area contributed by atoms with E-state index in [1.807, 2.05) is 6.07 Å². The van der Waals surface area contributed by atoms with Crippen molar-refractivity contribution < 1.29 is 14.8 Å². The molecule has 1 heterocycles. The second-order valence-electron chi connectivity index (χ2n) is 5.60. The monoisotopic (exact) mass is 294 g/mol.